The van der Waals surface area contributed by atoms with E-state index in [9.17, 15) is 22.7 Å². The maximum Gasteiger partial charge on any atom is 0.129 e. The molecule has 0 bridgehead atoms. The highest BCUT2D eigenvalue weighted by atomic mass is 19.1. The summed E-state index contributed by atoms with van der Waals surface area (Å²) < 4.78 is 52.7. The largest absolute Gasteiger partial charge is 0.388 e. The van der Waals surface area contributed by atoms with Crippen molar-refractivity contribution in [3.63, 3.8) is 0 Å². The summed E-state index contributed by atoms with van der Waals surface area (Å²) in [5, 5.41) is 9.80. The Labute approximate surface area is 107 Å². The first-order valence-electron chi connectivity index (χ1n) is 5.54. The molecule has 1 unspecified atom stereocenters. The Morgan fingerprint density at radius 2 is 1.42 bits per heavy atom. The molecule has 2 aromatic rings. The van der Waals surface area contributed by atoms with Gasteiger partial charge in [-0.05, 0) is 42.0 Å². The van der Waals surface area contributed by atoms with Crippen molar-refractivity contribution in [1.82, 2.24) is 0 Å². The van der Waals surface area contributed by atoms with Crippen molar-refractivity contribution in [2.75, 3.05) is 0 Å². The molecule has 0 aliphatic carbocycles. The molecular formula is C14H10F4O. The molecule has 0 aromatic heterocycles. The van der Waals surface area contributed by atoms with Gasteiger partial charge < -0.3 is 5.11 Å². The fraction of sp³-hybridized carbons (Fsp3) is 0.143. The van der Waals surface area contributed by atoms with E-state index in [1.807, 2.05) is 0 Å². The van der Waals surface area contributed by atoms with Crippen molar-refractivity contribution in [2.45, 2.75) is 12.5 Å². The summed E-state index contributed by atoms with van der Waals surface area (Å²) in [4.78, 5) is 0. The second-order valence-electron chi connectivity index (χ2n) is 4.12. The molecule has 0 heterocycles. The molecule has 1 atom stereocenters. The smallest absolute Gasteiger partial charge is 0.129 e. The van der Waals surface area contributed by atoms with Crippen LogP contribution >= 0.6 is 0 Å². The first-order valence-corrected chi connectivity index (χ1v) is 5.54. The molecule has 0 radical (unpaired) electrons. The standard InChI is InChI=1S/C14H10F4O/c15-9-1-3-12(17)8(5-9)6-14(19)11-7-10(16)2-4-13(11)18/h1-5,7,14,19H,6H2. The normalized spacial score (nSPS) is 12.5. The molecule has 0 spiro atoms. The minimum absolute atomic E-state index is 0.101. The van der Waals surface area contributed by atoms with Crippen LogP contribution in [0.3, 0.4) is 0 Å². The highest BCUT2D eigenvalue weighted by Crippen LogP contribution is 2.23. The van der Waals surface area contributed by atoms with Crippen LogP contribution in [0.2, 0.25) is 0 Å². The Hall–Kier alpha value is -1.88. The van der Waals surface area contributed by atoms with Gasteiger partial charge in [0.15, 0.2) is 0 Å². The monoisotopic (exact) mass is 270 g/mol. The second-order valence-corrected chi connectivity index (χ2v) is 4.12. The number of hydrogen-bond acceptors (Lipinski definition) is 1. The molecule has 0 saturated heterocycles. The Bertz CT molecular complexity index is 598. The number of aliphatic hydroxyl groups excluding tert-OH is 1. The molecule has 100 valence electrons. The average molecular weight is 270 g/mol. The van der Waals surface area contributed by atoms with Gasteiger partial charge in [0.2, 0.25) is 0 Å². The van der Waals surface area contributed by atoms with E-state index in [2.05, 4.69) is 0 Å². The van der Waals surface area contributed by atoms with Crippen molar-refractivity contribution in [1.29, 1.82) is 0 Å². The molecule has 0 aliphatic heterocycles. The summed E-state index contributed by atoms with van der Waals surface area (Å²) >= 11 is 0. The van der Waals surface area contributed by atoms with Gasteiger partial charge >= 0.3 is 0 Å². The molecule has 5 heteroatoms. The lowest BCUT2D eigenvalue weighted by molar-refractivity contribution is 0.171. The molecule has 19 heavy (non-hydrogen) atoms. The zero-order valence-corrected chi connectivity index (χ0v) is 9.71. The van der Waals surface area contributed by atoms with Crippen molar-refractivity contribution >= 4 is 0 Å². The Kier molecular flexibility index (Phi) is 3.85. The van der Waals surface area contributed by atoms with Gasteiger partial charge in [0.05, 0.1) is 6.10 Å². The van der Waals surface area contributed by atoms with Gasteiger partial charge in [-0.1, -0.05) is 0 Å². The van der Waals surface area contributed by atoms with E-state index >= 15 is 0 Å². The maximum atomic E-state index is 13.4. The van der Waals surface area contributed by atoms with Crippen LogP contribution in [0.4, 0.5) is 17.6 Å². The first kappa shape index (κ1) is 13.5. The maximum absolute atomic E-state index is 13.4. The number of aliphatic hydroxyl groups is 1. The third-order valence-corrected chi connectivity index (χ3v) is 2.74. The molecular weight excluding hydrogens is 260 g/mol. The van der Waals surface area contributed by atoms with E-state index < -0.39 is 29.4 Å². The quantitative estimate of drug-likeness (QED) is 0.846. The summed E-state index contributed by atoms with van der Waals surface area (Å²) in [5.74, 6) is -2.89. The predicted octanol–water partition coefficient (Wildman–Crippen LogP) is 3.52. The molecule has 1 N–H and O–H groups in total. The fourth-order valence-corrected chi connectivity index (χ4v) is 1.79. The summed E-state index contributed by atoms with van der Waals surface area (Å²) in [7, 11) is 0. The zero-order chi connectivity index (χ0) is 14.0. The van der Waals surface area contributed by atoms with Crippen molar-refractivity contribution < 1.29 is 22.7 Å². The number of hydrogen-bond donors (Lipinski definition) is 1. The van der Waals surface area contributed by atoms with Crippen molar-refractivity contribution in [2.24, 2.45) is 0 Å². The van der Waals surface area contributed by atoms with Gasteiger partial charge in [0.25, 0.3) is 0 Å². The van der Waals surface area contributed by atoms with Crippen LogP contribution in [0.5, 0.6) is 0 Å². The first-order chi connectivity index (χ1) is 8.97. The van der Waals surface area contributed by atoms with Crippen LogP contribution in [0.1, 0.15) is 17.2 Å². The Balaban J connectivity index is 2.27. The lowest BCUT2D eigenvalue weighted by Crippen LogP contribution is -2.06. The van der Waals surface area contributed by atoms with Crippen LogP contribution in [0.15, 0.2) is 36.4 Å². The van der Waals surface area contributed by atoms with E-state index in [1.165, 1.54) is 0 Å². The van der Waals surface area contributed by atoms with Crippen LogP contribution < -0.4 is 0 Å². The van der Waals surface area contributed by atoms with Crippen LogP contribution in [0, 0.1) is 23.3 Å². The highest BCUT2D eigenvalue weighted by Gasteiger charge is 2.16. The number of halogens is 4. The third-order valence-electron chi connectivity index (χ3n) is 2.74. The summed E-state index contributed by atoms with van der Waals surface area (Å²) in [6.07, 6.45) is -1.80. The zero-order valence-electron chi connectivity index (χ0n) is 9.71. The fourth-order valence-electron chi connectivity index (χ4n) is 1.79. The van der Waals surface area contributed by atoms with E-state index in [0.717, 1.165) is 36.4 Å². The molecule has 1 nitrogen and oxygen atoms in total. The minimum Gasteiger partial charge on any atom is -0.388 e. The molecule has 2 aromatic carbocycles. The molecule has 0 saturated carbocycles. The molecule has 0 aliphatic rings. The van der Waals surface area contributed by atoms with Gasteiger partial charge in [-0.15, -0.1) is 0 Å². The van der Waals surface area contributed by atoms with Gasteiger partial charge in [-0.2, -0.15) is 0 Å². The SMILES string of the molecule is OC(Cc1cc(F)ccc1F)c1cc(F)ccc1F. The van der Waals surface area contributed by atoms with E-state index in [-0.39, 0.29) is 17.5 Å². The topological polar surface area (TPSA) is 20.2 Å². The lowest BCUT2D eigenvalue weighted by Gasteiger charge is -2.12. The van der Waals surface area contributed by atoms with Crippen molar-refractivity contribution in [3.8, 4) is 0 Å². The minimum atomic E-state index is -1.45. The molecule has 2 rings (SSSR count). The Morgan fingerprint density at radius 3 is 2.11 bits per heavy atom. The van der Waals surface area contributed by atoms with Gasteiger partial charge in [0.1, 0.15) is 23.3 Å². The Morgan fingerprint density at radius 1 is 0.842 bits per heavy atom. The van der Waals surface area contributed by atoms with Gasteiger partial charge in [-0.3, -0.25) is 0 Å². The van der Waals surface area contributed by atoms with Crippen LogP contribution in [-0.2, 0) is 6.42 Å². The summed E-state index contributed by atoms with van der Waals surface area (Å²) in [6.45, 7) is 0. The second kappa shape index (κ2) is 5.40. The predicted molar refractivity (Wildman–Crippen MR) is 61.4 cm³/mol. The molecule has 0 fully saturated rings. The summed E-state index contributed by atoms with van der Waals surface area (Å²) in [5.41, 5.74) is -0.389. The summed E-state index contributed by atoms with van der Waals surface area (Å²) in [6, 6.07) is 5.38. The average Bonchev–Trinajstić information content (AvgIpc) is 2.36. The molecule has 0 amide bonds. The lowest BCUT2D eigenvalue weighted by atomic mass is 10.0. The van der Waals surface area contributed by atoms with Gasteiger partial charge in [-0.25, -0.2) is 17.6 Å². The van der Waals surface area contributed by atoms with Crippen LogP contribution in [-0.4, -0.2) is 5.11 Å². The van der Waals surface area contributed by atoms with Gasteiger partial charge in [0, 0.05) is 12.0 Å². The van der Waals surface area contributed by atoms with Crippen LogP contribution in [0.25, 0.3) is 0 Å². The van der Waals surface area contributed by atoms with Crippen molar-refractivity contribution in [3.05, 3.63) is 70.8 Å². The highest BCUT2D eigenvalue weighted by molar-refractivity contribution is 5.25. The van der Waals surface area contributed by atoms with E-state index in [4.69, 9.17) is 0 Å². The third kappa shape index (κ3) is 3.12. The number of benzene rings is 2. The van der Waals surface area contributed by atoms with E-state index in [1.54, 1.807) is 0 Å². The van der Waals surface area contributed by atoms with E-state index in [0.29, 0.717) is 0 Å². The number of rotatable bonds is 3.